The number of Topliss-reactive ketones (excluding diaryl/α,β-unsaturated/α-hetero) is 1. The Balaban J connectivity index is 1.49. The van der Waals surface area contributed by atoms with Gasteiger partial charge in [-0.25, -0.2) is 4.68 Å². The monoisotopic (exact) mass is 480 g/mol. The first-order chi connectivity index (χ1) is 16.1. The van der Waals surface area contributed by atoms with E-state index < -0.39 is 0 Å². The zero-order valence-electron chi connectivity index (χ0n) is 18.4. The number of nitrogens with one attached hydrogen (secondary N) is 1. The summed E-state index contributed by atoms with van der Waals surface area (Å²) in [7, 11) is 0. The number of carbonyl (C=O) groups is 1. The topological polar surface area (TPSA) is 69.0 Å². The molecule has 1 atom stereocenters. The minimum atomic E-state index is -0.323. The lowest BCUT2D eigenvalue weighted by Crippen LogP contribution is -2.31. The van der Waals surface area contributed by atoms with Crippen LogP contribution in [0.15, 0.2) is 65.0 Å². The maximum atomic E-state index is 13.0. The van der Waals surface area contributed by atoms with Crippen LogP contribution in [0, 0.1) is 0 Å². The molecule has 2 aromatic carbocycles. The van der Waals surface area contributed by atoms with Gasteiger partial charge in [-0.3, -0.25) is 4.79 Å². The van der Waals surface area contributed by atoms with Crippen molar-refractivity contribution in [3.05, 3.63) is 76.0 Å². The third-order valence-electron chi connectivity index (χ3n) is 5.81. The molecule has 33 heavy (non-hydrogen) atoms. The molecule has 8 heteroatoms. The van der Waals surface area contributed by atoms with Crippen LogP contribution in [-0.2, 0) is 11.4 Å². The molecule has 0 fully saturated rings. The summed E-state index contributed by atoms with van der Waals surface area (Å²) in [6.07, 6.45) is 3.29. The lowest BCUT2D eigenvalue weighted by atomic mass is 9.85. The van der Waals surface area contributed by atoms with Crippen LogP contribution >= 0.6 is 23.4 Å². The molecule has 0 radical (unpaired) electrons. The number of hydrogen-bond acceptors (Lipinski definition) is 6. The van der Waals surface area contributed by atoms with Crippen LogP contribution in [0.2, 0.25) is 5.02 Å². The van der Waals surface area contributed by atoms with Gasteiger partial charge in [-0.1, -0.05) is 60.6 Å². The standard InChI is InChI=1S/C25H25ClN4O2S/c1-2-13-33-25-28-24-27-20-11-6-12-21(31)22(20)23(30(24)29-25)16-8-5-9-18(14-16)32-15-17-7-3-4-10-19(17)26/h3-5,7-10,14,23H,2,6,11-13,15H2,1H3,(H,27,28,29). The van der Waals surface area contributed by atoms with Gasteiger partial charge in [0.15, 0.2) is 5.78 Å². The summed E-state index contributed by atoms with van der Waals surface area (Å²) in [5.41, 5.74) is 3.63. The number of carbonyl (C=O) groups excluding carboxylic acids is 1. The van der Waals surface area contributed by atoms with E-state index in [2.05, 4.69) is 12.2 Å². The number of hydrogen-bond donors (Lipinski definition) is 1. The number of fused-ring (bicyclic) bond motifs is 1. The van der Waals surface area contributed by atoms with Crippen molar-refractivity contribution in [1.29, 1.82) is 0 Å². The number of halogens is 1. The Kier molecular flexibility index (Phi) is 6.42. The van der Waals surface area contributed by atoms with Gasteiger partial charge < -0.3 is 10.1 Å². The number of anilines is 1. The molecule has 3 aromatic rings. The number of rotatable bonds is 7. The molecule has 2 aliphatic rings. The minimum absolute atomic E-state index is 0.167. The van der Waals surface area contributed by atoms with Crippen molar-refractivity contribution in [1.82, 2.24) is 14.8 Å². The largest absolute Gasteiger partial charge is 0.489 e. The Morgan fingerprint density at radius 3 is 2.94 bits per heavy atom. The van der Waals surface area contributed by atoms with Gasteiger partial charge in [-0.15, -0.1) is 5.10 Å². The van der Waals surface area contributed by atoms with Gasteiger partial charge in [0.05, 0.1) is 0 Å². The van der Waals surface area contributed by atoms with Gasteiger partial charge in [0.1, 0.15) is 18.4 Å². The highest BCUT2D eigenvalue weighted by Crippen LogP contribution is 2.41. The highest BCUT2D eigenvalue weighted by Gasteiger charge is 2.37. The van der Waals surface area contributed by atoms with Crippen LogP contribution in [0.25, 0.3) is 0 Å². The van der Waals surface area contributed by atoms with E-state index in [1.807, 2.05) is 53.2 Å². The zero-order valence-corrected chi connectivity index (χ0v) is 20.0. The summed E-state index contributed by atoms with van der Waals surface area (Å²) in [5, 5.41) is 9.55. The molecule has 1 aliphatic carbocycles. The summed E-state index contributed by atoms with van der Waals surface area (Å²) in [6, 6.07) is 15.2. The van der Waals surface area contributed by atoms with E-state index in [1.54, 1.807) is 11.8 Å². The average molecular weight is 481 g/mol. The van der Waals surface area contributed by atoms with Crippen molar-refractivity contribution in [3.63, 3.8) is 0 Å². The predicted molar refractivity (Wildman–Crippen MR) is 131 cm³/mol. The number of thioether (sulfide) groups is 1. The van der Waals surface area contributed by atoms with Crippen LogP contribution in [0.5, 0.6) is 5.75 Å². The molecule has 1 N–H and O–H groups in total. The summed E-state index contributed by atoms with van der Waals surface area (Å²) >= 11 is 7.91. The second kappa shape index (κ2) is 9.61. The molecular formula is C25H25ClN4O2S. The van der Waals surface area contributed by atoms with Gasteiger partial charge >= 0.3 is 0 Å². The number of benzene rings is 2. The quantitative estimate of drug-likeness (QED) is 0.416. The third kappa shape index (κ3) is 4.52. The van der Waals surface area contributed by atoms with E-state index in [4.69, 9.17) is 26.4 Å². The maximum absolute atomic E-state index is 13.0. The van der Waals surface area contributed by atoms with E-state index in [0.717, 1.165) is 58.3 Å². The fraction of sp³-hybridized carbons (Fsp3) is 0.320. The van der Waals surface area contributed by atoms with Crippen molar-refractivity contribution < 1.29 is 9.53 Å². The summed E-state index contributed by atoms with van der Waals surface area (Å²) in [5.74, 6) is 2.53. The summed E-state index contributed by atoms with van der Waals surface area (Å²) in [4.78, 5) is 17.7. The normalized spacial score (nSPS) is 17.4. The Labute approximate surface area is 202 Å². The first-order valence-electron chi connectivity index (χ1n) is 11.2. The molecular weight excluding hydrogens is 456 g/mol. The van der Waals surface area contributed by atoms with Crippen LogP contribution in [0.1, 0.15) is 49.8 Å². The first-order valence-corrected chi connectivity index (χ1v) is 12.6. The maximum Gasteiger partial charge on any atom is 0.227 e. The fourth-order valence-electron chi connectivity index (χ4n) is 4.25. The smallest absolute Gasteiger partial charge is 0.227 e. The van der Waals surface area contributed by atoms with Crippen molar-refractivity contribution in [2.24, 2.45) is 0 Å². The highest BCUT2D eigenvalue weighted by atomic mass is 35.5. The Morgan fingerprint density at radius 2 is 2.09 bits per heavy atom. The number of nitrogens with zero attached hydrogens (tertiary/aromatic N) is 3. The van der Waals surface area contributed by atoms with Gasteiger partial charge in [0, 0.05) is 34.0 Å². The lowest BCUT2D eigenvalue weighted by Gasteiger charge is -2.32. The van der Waals surface area contributed by atoms with Crippen LogP contribution in [0.3, 0.4) is 0 Å². The lowest BCUT2D eigenvalue weighted by molar-refractivity contribution is -0.116. The van der Waals surface area contributed by atoms with Gasteiger partial charge in [-0.2, -0.15) is 4.98 Å². The summed E-state index contributed by atoms with van der Waals surface area (Å²) in [6.45, 7) is 2.51. The molecule has 1 aliphatic heterocycles. The molecule has 2 heterocycles. The Morgan fingerprint density at radius 1 is 1.21 bits per heavy atom. The Bertz CT molecular complexity index is 1220. The third-order valence-corrected chi connectivity index (χ3v) is 7.22. The molecule has 0 spiro atoms. The van der Waals surface area contributed by atoms with E-state index in [1.165, 1.54) is 0 Å². The van der Waals surface area contributed by atoms with Crippen LogP contribution in [-0.4, -0.2) is 26.3 Å². The van der Waals surface area contributed by atoms with Crippen LogP contribution < -0.4 is 10.1 Å². The molecule has 1 unspecified atom stereocenters. The van der Waals surface area contributed by atoms with E-state index in [-0.39, 0.29) is 11.8 Å². The van der Waals surface area contributed by atoms with E-state index in [0.29, 0.717) is 24.0 Å². The molecule has 1 aromatic heterocycles. The first kappa shape index (κ1) is 22.0. The van der Waals surface area contributed by atoms with Crippen molar-refractivity contribution in [2.75, 3.05) is 11.1 Å². The molecule has 0 amide bonds. The van der Waals surface area contributed by atoms with Crippen molar-refractivity contribution in [3.8, 4) is 5.75 Å². The van der Waals surface area contributed by atoms with E-state index in [9.17, 15) is 4.79 Å². The molecule has 0 bridgehead atoms. The summed E-state index contributed by atoms with van der Waals surface area (Å²) < 4.78 is 7.92. The minimum Gasteiger partial charge on any atom is -0.489 e. The fourth-order valence-corrected chi connectivity index (χ4v) is 5.12. The average Bonchev–Trinajstić information content (AvgIpc) is 3.23. The van der Waals surface area contributed by atoms with Gasteiger partial charge in [0.2, 0.25) is 11.1 Å². The van der Waals surface area contributed by atoms with Crippen molar-refractivity contribution >= 4 is 35.1 Å². The van der Waals surface area contributed by atoms with Gasteiger partial charge in [0.25, 0.3) is 0 Å². The number of aromatic nitrogens is 3. The molecule has 0 saturated carbocycles. The van der Waals surface area contributed by atoms with Gasteiger partial charge in [-0.05, 0) is 43.0 Å². The number of ketones is 1. The van der Waals surface area contributed by atoms with E-state index >= 15 is 0 Å². The second-order valence-electron chi connectivity index (χ2n) is 8.16. The van der Waals surface area contributed by atoms with Crippen LogP contribution in [0.4, 0.5) is 5.95 Å². The SMILES string of the molecule is CCCSc1nc2n(n1)C(c1cccc(OCc3ccccc3Cl)c1)C1=C(CCCC1=O)N2. The van der Waals surface area contributed by atoms with Crippen molar-refractivity contribution in [2.45, 2.75) is 50.4 Å². The Hall–Kier alpha value is -2.77. The number of ether oxygens (including phenoxy) is 1. The predicted octanol–water partition coefficient (Wildman–Crippen LogP) is 6.03. The second-order valence-corrected chi connectivity index (χ2v) is 9.63. The highest BCUT2D eigenvalue weighted by molar-refractivity contribution is 7.99. The molecule has 5 rings (SSSR count). The molecule has 0 saturated heterocycles. The molecule has 170 valence electrons. The zero-order chi connectivity index (χ0) is 22.8. The number of allylic oxidation sites excluding steroid dienone is 2. The molecule has 6 nitrogen and oxygen atoms in total.